The lowest BCUT2D eigenvalue weighted by molar-refractivity contribution is -0.153. The molecule has 0 aliphatic heterocycles. The molecule has 0 amide bonds. The van der Waals surface area contributed by atoms with Crippen LogP contribution in [-0.2, 0) is 11.4 Å². The third-order valence-electron chi connectivity index (χ3n) is 2.55. The number of hydrogen-bond acceptors (Lipinski definition) is 3. The van der Waals surface area contributed by atoms with Gasteiger partial charge in [0.25, 0.3) is 0 Å². The van der Waals surface area contributed by atoms with Gasteiger partial charge in [-0.1, -0.05) is 12.1 Å². The molecule has 0 heterocycles. The largest absolute Gasteiger partial charge is 0.598 e. The van der Waals surface area contributed by atoms with Gasteiger partial charge in [0.15, 0.2) is 6.04 Å². The van der Waals surface area contributed by atoms with Crippen LogP contribution in [0.2, 0.25) is 0 Å². The Morgan fingerprint density at radius 1 is 1.09 bits per heavy atom. The first-order chi connectivity index (χ1) is 9.91. The number of nitrogens with one attached hydrogen (secondary N) is 1. The maximum atomic E-state index is 13.1. The van der Waals surface area contributed by atoms with E-state index in [1.165, 1.54) is 20.8 Å². The van der Waals surface area contributed by atoms with Crippen LogP contribution >= 0.6 is 0 Å². The highest BCUT2D eigenvalue weighted by Gasteiger charge is 2.45. The zero-order chi connectivity index (χ0) is 17.1. The monoisotopic (exact) mass is 345 g/mol. The van der Waals surface area contributed by atoms with E-state index in [-0.39, 0.29) is 11.3 Å². The second kappa shape index (κ2) is 7.01. The molecule has 0 bridgehead atoms. The van der Waals surface area contributed by atoms with E-state index >= 15 is 0 Å². The van der Waals surface area contributed by atoms with Crippen molar-refractivity contribution < 1.29 is 31.2 Å². The van der Waals surface area contributed by atoms with E-state index < -0.39 is 34.9 Å². The number of benzene rings is 1. The minimum atomic E-state index is -4.69. The first kappa shape index (κ1) is 19.0. The average Bonchev–Trinajstić information content (AvgIpc) is 2.33. The number of ether oxygens (including phenoxy) is 1. The molecule has 0 radical (unpaired) electrons. The van der Waals surface area contributed by atoms with E-state index in [1.807, 2.05) is 4.72 Å². The minimum Gasteiger partial charge on any atom is -0.598 e. The summed E-state index contributed by atoms with van der Waals surface area (Å²) in [6.45, 7) is 1.53. The van der Waals surface area contributed by atoms with Crippen LogP contribution in [0, 0.1) is 0 Å². The van der Waals surface area contributed by atoms with Crippen LogP contribution in [0.5, 0.6) is 5.75 Å². The third-order valence-corrected chi connectivity index (χ3v) is 4.11. The van der Waals surface area contributed by atoms with E-state index in [4.69, 9.17) is 0 Å². The summed E-state index contributed by atoms with van der Waals surface area (Å²) < 4.78 is 80.5. The molecule has 2 atom stereocenters. The number of halogens is 5. The number of alkyl halides is 5. The van der Waals surface area contributed by atoms with Gasteiger partial charge in [-0.3, -0.25) is 0 Å². The highest BCUT2D eigenvalue weighted by atomic mass is 32.2. The van der Waals surface area contributed by atoms with E-state index in [2.05, 4.69) is 4.74 Å². The summed E-state index contributed by atoms with van der Waals surface area (Å²) in [7, 11) is 0. The van der Waals surface area contributed by atoms with Crippen molar-refractivity contribution >= 4 is 11.4 Å². The van der Waals surface area contributed by atoms with Gasteiger partial charge in [0.1, 0.15) is 10.5 Å². The Morgan fingerprint density at radius 3 is 1.95 bits per heavy atom. The van der Waals surface area contributed by atoms with Gasteiger partial charge in [-0.25, -0.2) is 0 Å². The van der Waals surface area contributed by atoms with E-state index in [9.17, 15) is 26.5 Å². The van der Waals surface area contributed by atoms with Crippen molar-refractivity contribution in [1.82, 2.24) is 4.72 Å². The summed E-state index contributed by atoms with van der Waals surface area (Å²) in [6, 6.07) is 1.84. The predicted octanol–water partition coefficient (Wildman–Crippen LogP) is 3.94. The lowest BCUT2D eigenvalue weighted by atomic mass is 10.1. The van der Waals surface area contributed by atoms with Gasteiger partial charge in [0, 0.05) is 11.4 Å². The molecule has 0 aromatic heterocycles. The standard InChI is InChI=1S/C13H16F5NO2S/c1-12(2,3)22(20)19-10(13(16,17)18)8-4-6-9(7-5-8)21-11(14)15/h4-7,10-11,19H,1-3H3/t10-,22?/m1/s1. The van der Waals surface area contributed by atoms with E-state index in [0.29, 0.717) is 0 Å². The fraction of sp³-hybridized carbons (Fsp3) is 0.538. The molecule has 1 aromatic rings. The molecule has 1 N–H and O–H groups in total. The SMILES string of the molecule is CC(C)(C)[S+]([O-])N[C@H](c1ccc(OC(F)F)cc1)C(F)(F)F. The summed E-state index contributed by atoms with van der Waals surface area (Å²) in [5.41, 5.74) is -0.244. The lowest BCUT2D eigenvalue weighted by Crippen LogP contribution is -2.45. The third kappa shape index (κ3) is 5.62. The van der Waals surface area contributed by atoms with Crippen molar-refractivity contribution in [3.05, 3.63) is 29.8 Å². The smallest absolute Gasteiger partial charge is 0.412 e. The molecule has 0 saturated heterocycles. The molecule has 22 heavy (non-hydrogen) atoms. The Labute approximate surface area is 128 Å². The molecule has 0 fully saturated rings. The van der Waals surface area contributed by atoms with Crippen LogP contribution < -0.4 is 9.46 Å². The van der Waals surface area contributed by atoms with Gasteiger partial charge in [0.05, 0.1) is 0 Å². The van der Waals surface area contributed by atoms with Crippen molar-refractivity contribution in [2.75, 3.05) is 0 Å². The van der Waals surface area contributed by atoms with Gasteiger partial charge in [-0.2, -0.15) is 22.0 Å². The van der Waals surface area contributed by atoms with Gasteiger partial charge in [0.2, 0.25) is 0 Å². The van der Waals surface area contributed by atoms with Crippen molar-refractivity contribution in [2.24, 2.45) is 0 Å². The minimum absolute atomic E-state index is 0.244. The van der Waals surface area contributed by atoms with Gasteiger partial charge in [-0.15, -0.1) is 4.72 Å². The Balaban J connectivity index is 2.98. The average molecular weight is 345 g/mol. The molecular weight excluding hydrogens is 329 g/mol. The molecular formula is C13H16F5NO2S. The summed E-state index contributed by atoms with van der Waals surface area (Å²) in [4.78, 5) is 0. The Bertz CT molecular complexity index is 473. The fourth-order valence-corrected chi connectivity index (χ4v) is 2.29. The van der Waals surface area contributed by atoms with E-state index in [0.717, 1.165) is 24.3 Å². The van der Waals surface area contributed by atoms with Gasteiger partial charge < -0.3 is 9.29 Å². The molecule has 0 spiro atoms. The van der Waals surface area contributed by atoms with Crippen LogP contribution in [0.25, 0.3) is 0 Å². The maximum absolute atomic E-state index is 13.1. The van der Waals surface area contributed by atoms with Crippen LogP contribution in [0.15, 0.2) is 24.3 Å². The second-order valence-electron chi connectivity index (χ2n) is 5.42. The molecule has 1 aromatic carbocycles. The zero-order valence-electron chi connectivity index (χ0n) is 12.1. The number of hydrogen-bond donors (Lipinski definition) is 1. The summed E-state index contributed by atoms with van der Waals surface area (Å²) in [6.07, 6.45) is -4.69. The van der Waals surface area contributed by atoms with Crippen LogP contribution in [-0.4, -0.2) is 22.1 Å². The lowest BCUT2D eigenvalue weighted by Gasteiger charge is -2.29. The maximum Gasteiger partial charge on any atom is 0.412 e. The molecule has 3 nitrogen and oxygen atoms in total. The molecule has 1 unspecified atom stereocenters. The fourth-order valence-electron chi connectivity index (χ4n) is 1.45. The molecule has 126 valence electrons. The van der Waals surface area contributed by atoms with Crippen molar-refractivity contribution in [3.63, 3.8) is 0 Å². The van der Waals surface area contributed by atoms with Crippen LogP contribution in [0.1, 0.15) is 32.4 Å². The zero-order valence-corrected chi connectivity index (χ0v) is 12.9. The van der Waals surface area contributed by atoms with Crippen molar-refractivity contribution in [3.8, 4) is 5.75 Å². The van der Waals surface area contributed by atoms with Crippen molar-refractivity contribution in [2.45, 2.75) is 44.3 Å². The van der Waals surface area contributed by atoms with Crippen molar-refractivity contribution in [1.29, 1.82) is 0 Å². The topological polar surface area (TPSA) is 44.3 Å². The Kier molecular flexibility index (Phi) is 6.05. The molecule has 0 saturated carbocycles. The predicted molar refractivity (Wildman–Crippen MR) is 72.9 cm³/mol. The summed E-state index contributed by atoms with van der Waals surface area (Å²) >= 11 is -1.95. The summed E-state index contributed by atoms with van der Waals surface area (Å²) in [5.74, 6) is -0.253. The Hall–Kier alpha value is -1.06. The quantitative estimate of drug-likeness (QED) is 0.649. The first-order valence-corrected chi connectivity index (χ1v) is 7.36. The first-order valence-electron chi connectivity index (χ1n) is 6.21. The molecule has 1 rings (SSSR count). The highest BCUT2D eigenvalue weighted by Crippen LogP contribution is 2.35. The highest BCUT2D eigenvalue weighted by molar-refractivity contribution is 7.90. The second-order valence-corrected chi connectivity index (χ2v) is 7.42. The number of rotatable bonds is 5. The Morgan fingerprint density at radius 2 is 1.59 bits per heavy atom. The molecule has 0 aliphatic carbocycles. The van der Waals surface area contributed by atoms with Gasteiger partial charge >= 0.3 is 12.8 Å². The van der Waals surface area contributed by atoms with Crippen LogP contribution in [0.4, 0.5) is 22.0 Å². The normalized spacial score (nSPS) is 15.7. The molecule has 0 aliphatic rings. The van der Waals surface area contributed by atoms with Gasteiger partial charge in [-0.05, 0) is 38.5 Å². The summed E-state index contributed by atoms with van der Waals surface area (Å²) in [5, 5.41) is 0. The molecule has 9 heteroatoms. The van der Waals surface area contributed by atoms with Crippen LogP contribution in [0.3, 0.4) is 0 Å². The van der Waals surface area contributed by atoms with E-state index in [1.54, 1.807) is 0 Å².